The highest BCUT2D eigenvalue weighted by Crippen LogP contribution is 2.19. The van der Waals surface area contributed by atoms with Crippen LogP contribution in [0.15, 0.2) is 0 Å². The van der Waals surface area contributed by atoms with Crippen LogP contribution in [0.5, 0.6) is 0 Å². The van der Waals surface area contributed by atoms with Gasteiger partial charge < -0.3 is 19.9 Å². The van der Waals surface area contributed by atoms with Crippen molar-refractivity contribution in [3.8, 4) is 0 Å². The summed E-state index contributed by atoms with van der Waals surface area (Å²) in [6, 6.07) is 0. The molecule has 7 nitrogen and oxygen atoms in total. The van der Waals surface area contributed by atoms with Crippen molar-refractivity contribution < 1.29 is 29.0 Å². The van der Waals surface area contributed by atoms with Gasteiger partial charge in [0.2, 0.25) is 5.91 Å². The molecule has 1 fully saturated rings. The molecule has 0 radical (unpaired) electrons. The standard InChI is InChI=1S/C12H19NO6/c1-2-18-11(15)6-5-10(14)13-7-8-3-4-9(19-8)12(16)17/h8-9H,2-7H2,1H3,(H,13,14)(H,16,17). The van der Waals surface area contributed by atoms with Crippen molar-refractivity contribution >= 4 is 17.8 Å². The smallest absolute Gasteiger partial charge is 0.332 e. The molecule has 1 aliphatic heterocycles. The van der Waals surface area contributed by atoms with Crippen LogP contribution in [-0.4, -0.2) is 48.3 Å². The molecule has 2 unspecified atom stereocenters. The van der Waals surface area contributed by atoms with Crippen molar-refractivity contribution in [1.82, 2.24) is 5.32 Å². The van der Waals surface area contributed by atoms with Crippen LogP contribution >= 0.6 is 0 Å². The number of rotatable bonds is 7. The van der Waals surface area contributed by atoms with Gasteiger partial charge >= 0.3 is 11.9 Å². The maximum absolute atomic E-state index is 11.4. The summed E-state index contributed by atoms with van der Waals surface area (Å²) >= 11 is 0. The number of esters is 1. The lowest BCUT2D eigenvalue weighted by molar-refractivity contribution is -0.149. The number of amides is 1. The summed E-state index contributed by atoms with van der Waals surface area (Å²) in [6.45, 7) is 2.27. The predicted octanol–water partition coefficient (Wildman–Crippen LogP) is 0.0781. The molecule has 2 N–H and O–H groups in total. The van der Waals surface area contributed by atoms with Crippen LogP contribution in [0.3, 0.4) is 0 Å². The molecule has 7 heteroatoms. The van der Waals surface area contributed by atoms with Gasteiger partial charge in [-0.3, -0.25) is 9.59 Å². The molecular formula is C12H19NO6. The number of carboxylic acid groups (broad SMARTS) is 1. The van der Waals surface area contributed by atoms with E-state index in [1.807, 2.05) is 0 Å². The number of ether oxygens (including phenoxy) is 2. The minimum Gasteiger partial charge on any atom is -0.479 e. The number of nitrogens with one attached hydrogen (secondary N) is 1. The molecule has 0 aromatic carbocycles. The number of carbonyl (C=O) groups is 3. The third kappa shape index (κ3) is 5.69. The second-order valence-corrected chi connectivity index (χ2v) is 4.27. The summed E-state index contributed by atoms with van der Waals surface area (Å²) in [5.41, 5.74) is 0. The number of carbonyl (C=O) groups excluding carboxylic acids is 2. The van der Waals surface area contributed by atoms with Gasteiger partial charge in [0, 0.05) is 13.0 Å². The fourth-order valence-electron chi connectivity index (χ4n) is 1.80. The summed E-state index contributed by atoms with van der Waals surface area (Å²) in [5, 5.41) is 11.4. The van der Waals surface area contributed by atoms with E-state index in [1.165, 1.54) is 0 Å². The Morgan fingerprint density at radius 1 is 1.32 bits per heavy atom. The SMILES string of the molecule is CCOC(=O)CCC(=O)NCC1CCC(C(=O)O)O1. The average molecular weight is 273 g/mol. The van der Waals surface area contributed by atoms with E-state index in [-0.39, 0.29) is 31.4 Å². The zero-order valence-corrected chi connectivity index (χ0v) is 10.9. The summed E-state index contributed by atoms with van der Waals surface area (Å²) in [5.74, 6) is -1.65. The monoisotopic (exact) mass is 273 g/mol. The first-order chi connectivity index (χ1) is 9.02. The van der Waals surface area contributed by atoms with E-state index in [1.54, 1.807) is 6.92 Å². The number of hydrogen-bond acceptors (Lipinski definition) is 5. The Balaban J connectivity index is 2.14. The van der Waals surface area contributed by atoms with E-state index in [2.05, 4.69) is 5.32 Å². The number of hydrogen-bond donors (Lipinski definition) is 2. The molecule has 2 atom stereocenters. The Morgan fingerprint density at radius 2 is 2.05 bits per heavy atom. The summed E-state index contributed by atoms with van der Waals surface area (Å²) in [4.78, 5) is 33.1. The molecule has 0 saturated carbocycles. The quantitative estimate of drug-likeness (QED) is 0.637. The van der Waals surface area contributed by atoms with Gasteiger partial charge in [0.05, 0.1) is 19.1 Å². The number of aliphatic carboxylic acids is 1. The molecule has 1 aliphatic rings. The Hall–Kier alpha value is -1.63. The molecule has 0 aliphatic carbocycles. The molecule has 0 bridgehead atoms. The van der Waals surface area contributed by atoms with E-state index in [4.69, 9.17) is 14.6 Å². The second-order valence-electron chi connectivity index (χ2n) is 4.27. The van der Waals surface area contributed by atoms with E-state index in [0.29, 0.717) is 19.4 Å². The summed E-state index contributed by atoms with van der Waals surface area (Å²) in [7, 11) is 0. The van der Waals surface area contributed by atoms with Crippen LogP contribution < -0.4 is 5.32 Å². The highest BCUT2D eigenvalue weighted by Gasteiger charge is 2.30. The third-order valence-corrected chi connectivity index (χ3v) is 2.77. The Labute approximate surface area is 111 Å². The van der Waals surface area contributed by atoms with Crippen molar-refractivity contribution in [3.63, 3.8) is 0 Å². The van der Waals surface area contributed by atoms with Crippen LogP contribution in [0.1, 0.15) is 32.6 Å². The number of carboxylic acids is 1. The fraction of sp³-hybridized carbons (Fsp3) is 0.750. The molecule has 1 saturated heterocycles. The van der Waals surface area contributed by atoms with Crippen molar-refractivity contribution in [3.05, 3.63) is 0 Å². The minimum absolute atomic E-state index is 0.0446. The van der Waals surface area contributed by atoms with Crippen molar-refractivity contribution in [2.75, 3.05) is 13.2 Å². The molecule has 1 amide bonds. The van der Waals surface area contributed by atoms with Gasteiger partial charge in [0.1, 0.15) is 0 Å². The third-order valence-electron chi connectivity index (χ3n) is 2.77. The average Bonchev–Trinajstić information content (AvgIpc) is 2.83. The fourth-order valence-corrected chi connectivity index (χ4v) is 1.80. The van der Waals surface area contributed by atoms with E-state index in [0.717, 1.165) is 0 Å². The highest BCUT2D eigenvalue weighted by atomic mass is 16.5. The highest BCUT2D eigenvalue weighted by molar-refractivity contribution is 5.81. The second kappa shape index (κ2) is 7.73. The van der Waals surface area contributed by atoms with Gasteiger partial charge in [-0.1, -0.05) is 0 Å². The van der Waals surface area contributed by atoms with Gasteiger partial charge in [-0.2, -0.15) is 0 Å². The van der Waals surface area contributed by atoms with Gasteiger partial charge in [0.25, 0.3) is 0 Å². The van der Waals surface area contributed by atoms with E-state index < -0.39 is 18.0 Å². The minimum atomic E-state index is -0.976. The lowest BCUT2D eigenvalue weighted by Gasteiger charge is -2.12. The molecule has 0 spiro atoms. The van der Waals surface area contributed by atoms with Crippen molar-refractivity contribution in [2.24, 2.45) is 0 Å². The molecule has 0 aromatic rings. The lowest BCUT2D eigenvalue weighted by atomic mass is 10.2. The summed E-state index contributed by atoms with van der Waals surface area (Å²) in [6.07, 6.45) is 0.124. The molecule has 1 rings (SSSR count). The van der Waals surface area contributed by atoms with Gasteiger partial charge in [-0.25, -0.2) is 4.79 Å². The lowest BCUT2D eigenvalue weighted by Crippen LogP contribution is -2.33. The van der Waals surface area contributed by atoms with Crippen molar-refractivity contribution in [2.45, 2.75) is 44.8 Å². The topological polar surface area (TPSA) is 102 Å². The molecule has 0 aromatic heterocycles. The van der Waals surface area contributed by atoms with Crippen LogP contribution in [0.4, 0.5) is 0 Å². The maximum atomic E-state index is 11.4. The van der Waals surface area contributed by atoms with Crippen LogP contribution in [0.25, 0.3) is 0 Å². The van der Waals surface area contributed by atoms with Crippen LogP contribution in [-0.2, 0) is 23.9 Å². The molecule has 19 heavy (non-hydrogen) atoms. The van der Waals surface area contributed by atoms with Gasteiger partial charge in [0.15, 0.2) is 6.10 Å². The predicted molar refractivity (Wildman–Crippen MR) is 64.4 cm³/mol. The van der Waals surface area contributed by atoms with Crippen LogP contribution in [0.2, 0.25) is 0 Å². The maximum Gasteiger partial charge on any atom is 0.332 e. The molecular weight excluding hydrogens is 254 g/mol. The normalized spacial score (nSPS) is 21.9. The van der Waals surface area contributed by atoms with Gasteiger partial charge in [-0.05, 0) is 19.8 Å². The van der Waals surface area contributed by atoms with Gasteiger partial charge in [-0.15, -0.1) is 0 Å². The zero-order chi connectivity index (χ0) is 14.3. The van der Waals surface area contributed by atoms with Crippen LogP contribution in [0, 0.1) is 0 Å². The first kappa shape index (κ1) is 15.4. The summed E-state index contributed by atoms with van der Waals surface area (Å²) < 4.78 is 9.93. The largest absolute Gasteiger partial charge is 0.479 e. The van der Waals surface area contributed by atoms with Crippen molar-refractivity contribution in [1.29, 1.82) is 0 Å². The van der Waals surface area contributed by atoms with E-state index in [9.17, 15) is 14.4 Å². The molecule has 1 heterocycles. The molecule has 108 valence electrons. The first-order valence-corrected chi connectivity index (χ1v) is 6.33. The zero-order valence-electron chi connectivity index (χ0n) is 10.9. The first-order valence-electron chi connectivity index (χ1n) is 6.33. The Kier molecular flexibility index (Phi) is 6.27. The Morgan fingerprint density at radius 3 is 2.63 bits per heavy atom. The van der Waals surface area contributed by atoms with E-state index >= 15 is 0 Å². The Bertz CT molecular complexity index is 343.